The van der Waals surface area contributed by atoms with E-state index in [0.29, 0.717) is 11.6 Å². The number of para-hydroxylation sites is 1. The molecule has 0 unspecified atom stereocenters. The average Bonchev–Trinajstić information content (AvgIpc) is 3.10. The molecule has 5 nitrogen and oxygen atoms in total. The lowest BCUT2D eigenvalue weighted by atomic mass is 10.2. The van der Waals surface area contributed by atoms with Crippen molar-refractivity contribution in [3.05, 3.63) is 75.7 Å². The molecule has 0 spiro atoms. The van der Waals surface area contributed by atoms with Crippen LogP contribution in [0.25, 0.3) is 5.69 Å². The number of halogens is 6. The second kappa shape index (κ2) is 8.93. The van der Waals surface area contributed by atoms with Gasteiger partial charge < -0.3 is 10.1 Å². The third-order valence-electron chi connectivity index (χ3n) is 3.89. The molecule has 0 aliphatic heterocycles. The van der Waals surface area contributed by atoms with Crippen molar-refractivity contribution in [3.8, 4) is 11.6 Å². The summed E-state index contributed by atoms with van der Waals surface area (Å²) < 4.78 is 58.5. The lowest BCUT2D eigenvalue weighted by Gasteiger charge is -2.11. The number of hydrogen-bond acceptors (Lipinski definition) is 3. The number of nitrogens with zero attached hydrogens (tertiary/aromatic N) is 2. The molecule has 1 heterocycles. The van der Waals surface area contributed by atoms with E-state index in [1.807, 2.05) is 0 Å². The van der Waals surface area contributed by atoms with Gasteiger partial charge in [-0.05, 0) is 29.8 Å². The van der Waals surface area contributed by atoms with Gasteiger partial charge in [0.1, 0.15) is 5.82 Å². The molecule has 0 radical (unpaired) electrons. The smallest absolute Gasteiger partial charge is 0.435 e. The van der Waals surface area contributed by atoms with Gasteiger partial charge in [-0.2, -0.15) is 23.0 Å². The second-order valence-electron chi connectivity index (χ2n) is 6.03. The predicted molar refractivity (Wildman–Crippen MR) is 102 cm³/mol. The fourth-order valence-electron chi connectivity index (χ4n) is 2.45. The summed E-state index contributed by atoms with van der Waals surface area (Å²) in [4.78, 5) is 12.1. The number of nitrogens with one attached hydrogen (secondary N) is 1. The highest BCUT2D eigenvalue weighted by Crippen LogP contribution is 2.33. The monoisotopic (exact) mass is 461 g/mol. The zero-order chi connectivity index (χ0) is 21.9. The molecule has 3 aromatic rings. The van der Waals surface area contributed by atoms with Crippen molar-refractivity contribution in [2.75, 3.05) is 6.61 Å². The van der Waals surface area contributed by atoms with Gasteiger partial charge in [-0.3, -0.25) is 4.79 Å². The minimum atomic E-state index is -4.72. The van der Waals surface area contributed by atoms with E-state index in [-0.39, 0.29) is 28.2 Å². The first-order chi connectivity index (χ1) is 14.1. The first kappa shape index (κ1) is 21.9. The van der Waals surface area contributed by atoms with E-state index in [0.717, 1.165) is 10.7 Å². The standard InChI is InChI=1S/C19H13Cl2F4N3O2/c20-13-3-1-2-4-15(13)28-18(8-16(27-28)19(23,24)25)30-10-17(29)26-9-11-5-6-12(22)7-14(11)21/h1-8H,9-10H2,(H,26,29). The van der Waals surface area contributed by atoms with Gasteiger partial charge in [-0.25, -0.2) is 4.39 Å². The van der Waals surface area contributed by atoms with Crippen LogP contribution in [0.2, 0.25) is 10.0 Å². The molecule has 0 saturated heterocycles. The van der Waals surface area contributed by atoms with Crippen LogP contribution in [0.15, 0.2) is 48.5 Å². The SMILES string of the molecule is O=C(COc1cc(C(F)(F)F)nn1-c1ccccc1Cl)NCc1ccc(F)cc1Cl. The molecule has 11 heteroatoms. The van der Waals surface area contributed by atoms with Crippen molar-refractivity contribution in [2.45, 2.75) is 12.7 Å². The number of aromatic nitrogens is 2. The third-order valence-corrected chi connectivity index (χ3v) is 4.56. The summed E-state index contributed by atoms with van der Waals surface area (Å²) in [5.74, 6) is -1.46. The summed E-state index contributed by atoms with van der Waals surface area (Å²) in [6.45, 7) is -0.606. The molecule has 2 aromatic carbocycles. The van der Waals surface area contributed by atoms with Crippen LogP contribution in [0.1, 0.15) is 11.3 Å². The largest absolute Gasteiger partial charge is 0.467 e. The number of carbonyl (C=O) groups excluding carboxylic acids is 1. The maximum atomic E-state index is 13.1. The molecular formula is C19H13Cl2F4N3O2. The summed E-state index contributed by atoms with van der Waals surface area (Å²) in [5, 5.41) is 6.27. The molecule has 0 atom stereocenters. The third kappa shape index (κ3) is 5.22. The Morgan fingerprint density at radius 1 is 1.10 bits per heavy atom. The van der Waals surface area contributed by atoms with E-state index >= 15 is 0 Å². The predicted octanol–water partition coefficient (Wildman–Crippen LogP) is 5.03. The Kier molecular flexibility index (Phi) is 6.52. The zero-order valence-corrected chi connectivity index (χ0v) is 16.5. The average molecular weight is 462 g/mol. The quantitative estimate of drug-likeness (QED) is 0.523. The molecule has 30 heavy (non-hydrogen) atoms. The Labute approximate surface area is 178 Å². The van der Waals surface area contributed by atoms with Crippen LogP contribution in [-0.2, 0) is 17.5 Å². The minimum Gasteiger partial charge on any atom is -0.467 e. The molecule has 1 N–H and O–H groups in total. The normalized spacial score (nSPS) is 11.4. The van der Waals surface area contributed by atoms with E-state index in [9.17, 15) is 22.4 Å². The van der Waals surface area contributed by atoms with Crippen molar-refractivity contribution in [2.24, 2.45) is 0 Å². The molecule has 1 amide bonds. The number of ether oxygens (including phenoxy) is 1. The van der Waals surface area contributed by atoms with Gasteiger partial charge in [0.2, 0.25) is 5.88 Å². The van der Waals surface area contributed by atoms with Crippen LogP contribution in [0.5, 0.6) is 5.88 Å². The Morgan fingerprint density at radius 3 is 2.50 bits per heavy atom. The highest BCUT2D eigenvalue weighted by atomic mass is 35.5. The fraction of sp³-hybridized carbons (Fsp3) is 0.158. The van der Waals surface area contributed by atoms with Crippen molar-refractivity contribution < 1.29 is 27.1 Å². The number of rotatable bonds is 6. The molecule has 0 fully saturated rings. The van der Waals surface area contributed by atoms with E-state index in [1.54, 1.807) is 12.1 Å². The minimum absolute atomic E-state index is 0.0150. The number of amides is 1. The van der Waals surface area contributed by atoms with E-state index in [2.05, 4.69) is 10.4 Å². The summed E-state index contributed by atoms with van der Waals surface area (Å²) in [6, 6.07) is 10.5. The maximum Gasteiger partial charge on any atom is 0.435 e. The van der Waals surface area contributed by atoms with Gasteiger partial charge >= 0.3 is 6.18 Å². The Balaban J connectivity index is 1.73. The summed E-state index contributed by atoms with van der Waals surface area (Å²) in [6.07, 6.45) is -4.72. The summed E-state index contributed by atoms with van der Waals surface area (Å²) in [5.41, 5.74) is -0.578. The van der Waals surface area contributed by atoms with Crippen LogP contribution in [0.3, 0.4) is 0 Å². The Morgan fingerprint density at radius 2 is 1.83 bits per heavy atom. The van der Waals surface area contributed by atoms with Gasteiger partial charge in [-0.15, -0.1) is 0 Å². The molecule has 3 rings (SSSR count). The summed E-state index contributed by atoms with van der Waals surface area (Å²) >= 11 is 11.9. The van der Waals surface area contributed by atoms with Gasteiger partial charge in [0.15, 0.2) is 12.3 Å². The van der Waals surface area contributed by atoms with Crippen LogP contribution in [0.4, 0.5) is 17.6 Å². The zero-order valence-electron chi connectivity index (χ0n) is 15.0. The maximum absolute atomic E-state index is 13.1. The van der Waals surface area contributed by atoms with Crippen molar-refractivity contribution >= 4 is 29.1 Å². The molecule has 0 aliphatic rings. The van der Waals surface area contributed by atoms with E-state index in [4.69, 9.17) is 27.9 Å². The van der Waals surface area contributed by atoms with Crippen LogP contribution in [0, 0.1) is 5.82 Å². The highest BCUT2D eigenvalue weighted by Gasteiger charge is 2.36. The first-order valence-electron chi connectivity index (χ1n) is 8.41. The number of carbonyl (C=O) groups is 1. The molecule has 158 valence electrons. The van der Waals surface area contributed by atoms with E-state index < -0.39 is 30.2 Å². The molecule has 0 saturated carbocycles. The van der Waals surface area contributed by atoms with Crippen LogP contribution >= 0.6 is 23.2 Å². The lowest BCUT2D eigenvalue weighted by molar-refractivity contribution is -0.141. The Bertz CT molecular complexity index is 1070. The highest BCUT2D eigenvalue weighted by molar-refractivity contribution is 6.32. The summed E-state index contributed by atoms with van der Waals surface area (Å²) in [7, 11) is 0. The molecular weight excluding hydrogens is 449 g/mol. The Hall–Kier alpha value is -2.78. The number of alkyl halides is 3. The number of hydrogen-bond donors (Lipinski definition) is 1. The lowest BCUT2D eigenvalue weighted by Crippen LogP contribution is -2.28. The van der Waals surface area contributed by atoms with Gasteiger partial charge in [-0.1, -0.05) is 41.4 Å². The topological polar surface area (TPSA) is 56.1 Å². The van der Waals surface area contributed by atoms with E-state index in [1.165, 1.54) is 24.3 Å². The second-order valence-corrected chi connectivity index (χ2v) is 6.84. The van der Waals surface area contributed by atoms with Gasteiger partial charge in [0.05, 0.1) is 10.7 Å². The van der Waals surface area contributed by atoms with Gasteiger partial charge in [0.25, 0.3) is 5.91 Å². The van der Waals surface area contributed by atoms with Crippen LogP contribution in [-0.4, -0.2) is 22.3 Å². The first-order valence-corrected chi connectivity index (χ1v) is 9.16. The number of benzene rings is 2. The molecule has 1 aromatic heterocycles. The van der Waals surface area contributed by atoms with Crippen molar-refractivity contribution in [1.82, 2.24) is 15.1 Å². The van der Waals surface area contributed by atoms with Gasteiger partial charge in [0, 0.05) is 17.6 Å². The molecule has 0 aliphatic carbocycles. The van der Waals surface area contributed by atoms with Crippen molar-refractivity contribution in [1.29, 1.82) is 0 Å². The fourth-order valence-corrected chi connectivity index (χ4v) is 2.90. The van der Waals surface area contributed by atoms with Crippen LogP contribution < -0.4 is 10.1 Å². The van der Waals surface area contributed by atoms with Crippen molar-refractivity contribution in [3.63, 3.8) is 0 Å². The molecule has 0 bridgehead atoms.